The molecule has 2 rings (SSSR count). The maximum absolute atomic E-state index is 10.1. The Morgan fingerprint density at radius 2 is 1.83 bits per heavy atom. The molecule has 0 saturated carbocycles. The number of pyridine rings is 1. The van der Waals surface area contributed by atoms with E-state index in [9.17, 15) is 5.11 Å². The van der Waals surface area contributed by atoms with Crippen LogP contribution >= 0.6 is 23.2 Å². The molecule has 2 aromatic rings. The van der Waals surface area contributed by atoms with E-state index in [1.165, 1.54) is 0 Å². The SMILES string of the molecule is OC(CCc1ccncc1)c1cccc(Cl)c1Cl. The Kier molecular flexibility index (Phi) is 4.59. The van der Waals surface area contributed by atoms with Gasteiger partial charge < -0.3 is 5.11 Å². The van der Waals surface area contributed by atoms with Crippen LogP contribution in [0, 0.1) is 0 Å². The average molecular weight is 282 g/mol. The minimum absolute atomic E-state index is 0.432. The number of rotatable bonds is 4. The van der Waals surface area contributed by atoms with Crippen molar-refractivity contribution in [3.8, 4) is 0 Å². The second-order valence-electron chi connectivity index (χ2n) is 4.05. The van der Waals surface area contributed by atoms with Crippen LogP contribution in [0.5, 0.6) is 0 Å². The molecular weight excluding hydrogens is 269 g/mol. The Morgan fingerprint density at radius 1 is 1.11 bits per heavy atom. The number of halogens is 2. The first-order chi connectivity index (χ1) is 8.68. The zero-order chi connectivity index (χ0) is 13.0. The minimum Gasteiger partial charge on any atom is -0.388 e. The third kappa shape index (κ3) is 3.22. The number of hydrogen-bond acceptors (Lipinski definition) is 2. The fraction of sp³-hybridized carbons (Fsp3) is 0.214. The van der Waals surface area contributed by atoms with E-state index >= 15 is 0 Å². The summed E-state index contributed by atoms with van der Waals surface area (Å²) in [6.07, 6.45) is 4.25. The Balaban J connectivity index is 2.04. The Morgan fingerprint density at radius 3 is 2.56 bits per heavy atom. The fourth-order valence-electron chi connectivity index (χ4n) is 1.79. The summed E-state index contributed by atoms with van der Waals surface area (Å²) in [5.41, 5.74) is 1.82. The summed E-state index contributed by atoms with van der Waals surface area (Å²) in [7, 11) is 0. The van der Waals surface area contributed by atoms with Crippen LogP contribution in [0.4, 0.5) is 0 Å². The van der Waals surface area contributed by atoms with Crippen molar-refractivity contribution in [1.82, 2.24) is 4.98 Å². The topological polar surface area (TPSA) is 33.1 Å². The van der Waals surface area contributed by atoms with E-state index in [2.05, 4.69) is 4.98 Å². The molecule has 0 aliphatic heterocycles. The van der Waals surface area contributed by atoms with E-state index in [0.717, 1.165) is 12.0 Å². The first-order valence-electron chi connectivity index (χ1n) is 5.69. The molecule has 0 amide bonds. The largest absolute Gasteiger partial charge is 0.388 e. The molecule has 4 heteroatoms. The number of aliphatic hydroxyl groups excluding tert-OH is 1. The van der Waals surface area contributed by atoms with E-state index in [0.29, 0.717) is 22.0 Å². The molecule has 1 aromatic heterocycles. The van der Waals surface area contributed by atoms with Gasteiger partial charge in [-0.05, 0) is 36.6 Å². The molecule has 0 fully saturated rings. The van der Waals surface area contributed by atoms with Gasteiger partial charge in [0.05, 0.1) is 16.1 Å². The van der Waals surface area contributed by atoms with Gasteiger partial charge >= 0.3 is 0 Å². The molecule has 1 atom stereocenters. The molecule has 18 heavy (non-hydrogen) atoms. The van der Waals surface area contributed by atoms with Gasteiger partial charge in [0.15, 0.2) is 0 Å². The first-order valence-corrected chi connectivity index (χ1v) is 6.45. The predicted molar refractivity (Wildman–Crippen MR) is 74.0 cm³/mol. The normalized spacial score (nSPS) is 12.4. The first kappa shape index (κ1) is 13.3. The number of aryl methyl sites for hydroxylation is 1. The van der Waals surface area contributed by atoms with Gasteiger partial charge in [0, 0.05) is 18.0 Å². The molecule has 0 aliphatic carbocycles. The van der Waals surface area contributed by atoms with Crippen molar-refractivity contribution >= 4 is 23.2 Å². The highest BCUT2D eigenvalue weighted by Gasteiger charge is 2.13. The Hall–Kier alpha value is -1.09. The van der Waals surface area contributed by atoms with Gasteiger partial charge in [0.1, 0.15) is 0 Å². The summed E-state index contributed by atoms with van der Waals surface area (Å²) in [5.74, 6) is 0. The van der Waals surface area contributed by atoms with Crippen LogP contribution in [-0.4, -0.2) is 10.1 Å². The number of benzene rings is 1. The van der Waals surface area contributed by atoms with Crippen molar-refractivity contribution in [3.63, 3.8) is 0 Å². The van der Waals surface area contributed by atoms with Crippen LogP contribution in [0.15, 0.2) is 42.7 Å². The van der Waals surface area contributed by atoms with Crippen LogP contribution in [0.25, 0.3) is 0 Å². The minimum atomic E-state index is -0.607. The standard InChI is InChI=1S/C14H13Cl2NO/c15-12-3-1-2-11(14(12)16)13(18)5-4-10-6-8-17-9-7-10/h1-3,6-9,13,18H,4-5H2. The summed E-state index contributed by atoms with van der Waals surface area (Å²) in [5, 5.41) is 11.0. The van der Waals surface area contributed by atoms with E-state index < -0.39 is 6.10 Å². The Bertz CT molecular complexity index is 516. The van der Waals surface area contributed by atoms with E-state index in [-0.39, 0.29) is 0 Å². The molecule has 0 saturated heterocycles. The van der Waals surface area contributed by atoms with Gasteiger partial charge in [-0.15, -0.1) is 0 Å². The molecule has 1 unspecified atom stereocenters. The summed E-state index contributed by atoms with van der Waals surface area (Å²) in [4.78, 5) is 3.96. The van der Waals surface area contributed by atoms with Gasteiger partial charge in [-0.2, -0.15) is 0 Å². The molecule has 1 aromatic carbocycles. The molecule has 0 radical (unpaired) electrons. The summed E-state index contributed by atoms with van der Waals surface area (Å²) in [6, 6.07) is 9.17. The van der Waals surface area contributed by atoms with E-state index in [1.54, 1.807) is 30.6 Å². The smallest absolute Gasteiger partial charge is 0.0808 e. The van der Waals surface area contributed by atoms with Gasteiger partial charge in [-0.1, -0.05) is 35.3 Å². The maximum atomic E-state index is 10.1. The zero-order valence-electron chi connectivity index (χ0n) is 9.68. The fourth-order valence-corrected chi connectivity index (χ4v) is 2.22. The van der Waals surface area contributed by atoms with Gasteiger partial charge in [-0.3, -0.25) is 4.98 Å². The van der Waals surface area contributed by atoms with E-state index in [1.807, 2.05) is 12.1 Å². The van der Waals surface area contributed by atoms with Crippen LogP contribution < -0.4 is 0 Å². The van der Waals surface area contributed by atoms with Crippen LogP contribution in [0.1, 0.15) is 23.7 Å². The van der Waals surface area contributed by atoms with Crippen LogP contribution in [0.2, 0.25) is 10.0 Å². The second kappa shape index (κ2) is 6.19. The van der Waals surface area contributed by atoms with Crippen molar-refractivity contribution in [2.75, 3.05) is 0 Å². The monoisotopic (exact) mass is 281 g/mol. The maximum Gasteiger partial charge on any atom is 0.0808 e. The lowest BCUT2D eigenvalue weighted by molar-refractivity contribution is 0.168. The van der Waals surface area contributed by atoms with Crippen LogP contribution in [0.3, 0.4) is 0 Å². The molecule has 94 valence electrons. The summed E-state index contributed by atoms with van der Waals surface area (Å²) < 4.78 is 0. The third-order valence-electron chi connectivity index (χ3n) is 2.80. The van der Waals surface area contributed by atoms with E-state index in [4.69, 9.17) is 23.2 Å². The highest BCUT2D eigenvalue weighted by Crippen LogP contribution is 2.31. The molecule has 0 aliphatic rings. The number of nitrogens with zero attached hydrogens (tertiary/aromatic N) is 1. The Labute approximate surface area is 116 Å². The lowest BCUT2D eigenvalue weighted by atomic mass is 10.0. The number of aromatic nitrogens is 1. The quantitative estimate of drug-likeness (QED) is 0.917. The lowest BCUT2D eigenvalue weighted by Crippen LogP contribution is -2.00. The highest BCUT2D eigenvalue weighted by atomic mass is 35.5. The predicted octanol–water partition coefficient (Wildman–Crippen LogP) is 4.05. The van der Waals surface area contributed by atoms with Crippen molar-refractivity contribution in [2.45, 2.75) is 18.9 Å². The average Bonchev–Trinajstić information content (AvgIpc) is 2.40. The number of hydrogen-bond donors (Lipinski definition) is 1. The molecule has 1 N–H and O–H groups in total. The second-order valence-corrected chi connectivity index (χ2v) is 4.84. The van der Waals surface area contributed by atoms with Gasteiger partial charge in [0.25, 0.3) is 0 Å². The van der Waals surface area contributed by atoms with Gasteiger partial charge in [-0.25, -0.2) is 0 Å². The molecule has 0 bridgehead atoms. The molecule has 1 heterocycles. The zero-order valence-corrected chi connectivity index (χ0v) is 11.2. The van der Waals surface area contributed by atoms with Crippen molar-refractivity contribution in [3.05, 3.63) is 63.9 Å². The van der Waals surface area contributed by atoms with Crippen molar-refractivity contribution in [1.29, 1.82) is 0 Å². The van der Waals surface area contributed by atoms with Gasteiger partial charge in [0.2, 0.25) is 0 Å². The van der Waals surface area contributed by atoms with Crippen LogP contribution in [-0.2, 0) is 6.42 Å². The number of aliphatic hydroxyl groups is 1. The molecular formula is C14H13Cl2NO. The van der Waals surface area contributed by atoms with Crippen molar-refractivity contribution < 1.29 is 5.11 Å². The summed E-state index contributed by atoms with van der Waals surface area (Å²) >= 11 is 12.0. The summed E-state index contributed by atoms with van der Waals surface area (Å²) in [6.45, 7) is 0. The molecule has 0 spiro atoms. The lowest BCUT2D eigenvalue weighted by Gasteiger charge is -2.13. The molecule has 2 nitrogen and oxygen atoms in total. The highest BCUT2D eigenvalue weighted by molar-refractivity contribution is 6.42. The third-order valence-corrected chi connectivity index (χ3v) is 3.63. The van der Waals surface area contributed by atoms with Crippen molar-refractivity contribution in [2.24, 2.45) is 0 Å².